The van der Waals surface area contributed by atoms with E-state index in [0.29, 0.717) is 0 Å². The van der Waals surface area contributed by atoms with Crippen LogP contribution in [0.4, 0.5) is 4.39 Å². The number of halogens is 2. The number of thiophene rings is 1. The third-order valence-corrected chi connectivity index (χ3v) is 3.65. The predicted octanol–water partition coefficient (Wildman–Crippen LogP) is 4.21. The molecule has 0 amide bonds. The summed E-state index contributed by atoms with van der Waals surface area (Å²) in [6.07, 6.45) is 0.900. The van der Waals surface area contributed by atoms with Crippen molar-refractivity contribution in [2.45, 2.75) is 13.3 Å². The van der Waals surface area contributed by atoms with Crippen molar-refractivity contribution >= 4 is 44.0 Å². The van der Waals surface area contributed by atoms with Crippen molar-refractivity contribution in [2.24, 2.45) is 0 Å². The molecule has 0 fully saturated rings. The minimum absolute atomic E-state index is 0.0833. The fraction of sp³-hybridized carbons (Fsp3) is 0.200. The van der Waals surface area contributed by atoms with Crippen LogP contribution in [-0.4, -0.2) is 0 Å². The van der Waals surface area contributed by atoms with Gasteiger partial charge in [0.2, 0.25) is 0 Å². The van der Waals surface area contributed by atoms with E-state index in [4.69, 9.17) is 0 Å². The lowest BCUT2D eigenvalue weighted by atomic mass is 10.1. The van der Waals surface area contributed by atoms with Gasteiger partial charge >= 0.3 is 0 Å². The van der Waals surface area contributed by atoms with Gasteiger partial charge in [-0.1, -0.05) is 6.92 Å². The van der Waals surface area contributed by atoms with Crippen LogP contribution in [0.2, 0.25) is 0 Å². The van der Waals surface area contributed by atoms with Crippen LogP contribution in [0.3, 0.4) is 0 Å². The van der Waals surface area contributed by atoms with Gasteiger partial charge in [-0.05, 0) is 52.1 Å². The zero-order valence-corrected chi connectivity index (χ0v) is 10.1. The second-order valence-corrected chi connectivity index (χ2v) is 5.03. The molecule has 3 heteroatoms. The summed E-state index contributed by atoms with van der Waals surface area (Å²) in [7, 11) is 0. The first kappa shape index (κ1) is 9.40. The lowest BCUT2D eigenvalue weighted by molar-refractivity contribution is 0.638. The Morgan fingerprint density at radius 1 is 1.46 bits per heavy atom. The van der Waals surface area contributed by atoms with Crippen molar-refractivity contribution in [3.05, 3.63) is 32.5 Å². The maximum absolute atomic E-state index is 13.5. The Morgan fingerprint density at radius 2 is 2.23 bits per heavy atom. The van der Waals surface area contributed by atoms with Crippen LogP contribution < -0.4 is 0 Å². The summed E-state index contributed by atoms with van der Waals surface area (Å²) in [5.74, 6) is -0.0833. The van der Waals surface area contributed by atoms with Crippen LogP contribution in [0.15, 0.2) is 17.5 Å². The van der Waals surface area contributed by atoms with Gasteiger partial charge in [-0.15, -0.1) is 11.3 Å². The van der Waals surface area contributed by atoms with E-state index in [-0.39, 0.29) is 5.82 Å². The summed E-state index contributed by atoms with van der Waals surface area (Å²) >= 11 is 3.76. The molecule has 2 rings (SSSR count). The van der Waals surface area contributed by atoms with Gasteiger partial charge in [-0.2, -0.15) is 0 Å². The average Bonchev–Trinajstić information content (AvgIpc) is 2.47. The van der Waals surface area contributed by atoms with Crippen molar-refractivity contribution in [2.75, 3.05) is 0 Å². The average molecular weight is 306 g/mol. The van der Waals surface area contributed by atoms with Gasteiger partial charge in [-0.3, -0.25) is 0 Å². The summed E-state index contributed by atoms with van der Waals surface area (Å²) in [4.78, 5) is 0. The van der Waals surface area contributed by atoms with E-state index >= 15 is 0 Å². The van der Waals surface area contributed by atoms with E-state index in [1.54, 1.807) is 17.4 Å². The lowest BCUT2D eigenvalue weighted by Gasteiger charge is -1.97. The number of aryl methyl sites for hydroxylation is 1. The van der Waals surface area contributed by atoms with Gasteiger partial charge in [-0.25, -0.2) is 4.39 Å². The van der Waals surface area contributed by atoms with Gasteiger partial charge in [0.25, 0.3) is 0 Å². The standard InChI is InChI=1S/C10H8FIS/c1-2-6-5-13-9-4-7(12)3-8(11)10(6)9/h3-5H,2H2,1H3. The van der Waals surface area contributed by atoms with Gasteiger partial charge in [0, 0.05) is 13.7 Å². The Bertz CT molecular complexity index is 447. The maximum Gasteiger partial charge on any atom is 0.133 e. The van der Waals surface area contributed by atoms with E-state index in [2.05, 4.69) is 29.5 Å². The molecule has 0 N–H and O–H groups in total. The summed E-state index contributed by atoms with van der Waals surface area (Å²) < 4.78 is 15.6. The predicted molar refractivity (Wildman–Crippen MR) is 63.9 cm³/mol. The molecule has 13 heavy (non-hydrogen) atoms. The molecule has 0 aliphatic carbocycles. The molecule has 68 valence electrons. The number of fused-ring (bicyclic) bond motifs is 1. The molecule has 0 saturated carbocycles. The number of hydrogen-bond donors (Lipinski definition) is 0. The molecule has 1 heterocycles. The summed E-state index contributed by atoms with van der Waals surface area (Å²) in [6.45, 7) is 2.05. The molecule has 0 saturated heterocycles. The Labute approximate surface area is 93.9 Å². The fourth-order valence-electron chi connectivity index (χ4n) is 1.41. The van der Waals surface area contributed by atoms with Crippen molar-refractivity contribution in [1.82, 2.24) is 0 Å². The first-order chi connectivity index (χ1) is 6.22. The highest BCUT2D eigenvalue weighted by atomic mass is 127. The number of rotatable bonds is 1. The van der Waals surface area contributed by atoms with Crippen LogP contribution in [-0.2, 0) is 6.42 Å². The number of benzene rings is 1. The van der Waals surface area contributed by atoms with Crippen LogP contribution >= 0.6 is 33.9 Å². The highest BCUT2D eigenvalue weighted by Crippen LogP contribution is 2.30. The molecule has 1 aromatic heterocycles. The third kappa shape index (κ3) is 1.59. The maximum atomic E-state index is 13.5. The largest absolute Gasteiger partial charge is 0.206 e. The first-order valence-corrected chi connectivity index (χ1v) is 6.03. The van der Waals surface area contributed by atoms with Crippen molar-refractivity contribution in [1.29, 1.82) is 0 Å². The Balaban J connectivity index is 2.82. The summed E-state index contributed by atoms with van der Waals surface area (Å²) in [6, 6.07) is 3.62. The molecule has 0 aliphatic rings. The molecular weight excluding hydrogens is 298 g/mol. The van der Waals surface area contributed by atoms with Crippen LogP contribution in [0.1, 0.15) is 12.5 Å². The Kier molecular flexibility index (Phi) is 2.55. The van der Waals surface area contributed by atoms with Crippen molar-refractivity contribution in [3.63, 3.8) is 0 Å². The highest BCUT2D eigenvalue weighted by molar-refractivity contribution is 14.1. The molecule has 0 bridgehead atoms. The molecule has 2 aromatic rings. The minimum atomic E-state index is -0.0833. The second kappa shape index (κ2) is 3.53. The van der Waals surface area contributed by atoms with E-state index in [1.165, 1.54) is 0 Å². The molecule has 0 aliphatic heterocycles. The van der Waals surface area contributed by atoms with Crippen LogP contribution in [0.5, 0.6) is 0 Å². The zero-order valence-electron chi connectivity index (χ0n) is 7.10. The summed E-state index contributed by atoms with van der Waals surface area (Å²) in [5.41, 5.74) is 1.12. The third-order valence-electron chi connectivity index (χ3n) is 2.05. The Morgan fingerprint density at radius 3 is 2.92 bits per heavy atom. The quantitative estimate of drug-likeness (QED) is 0.692. The zero-order chi connectivity index (χ0) is 9.42. The van der Waals surface area contributed by atoms with Crippen LogP contribution in [0.25, 0.3) is 10.1 Å². The monoisotopic (exact) mass is 306 g/mol. The molecule has 0 spiro atoms. The highest BCUT2D eigenvalue weighted by Gasteiger charge is 2.08. The summed E-state index contributed by atoms with van der Waals surface area (Å²) in [5, 5.41) is 2.86. The number of hydrogen-bond acceptors (Lipinski definition) is 1. The minimum Gasteiger partial charge on any atom is -0.206 e. The van der Waals surface area contributed by atoms with Crippen LogP contribution in [0, 0.1) is 9.39 Å². The Hall–Kier alpha value is -0.160. The van der Waals surface area contributed by atoms with Crippen molar-refractivity contribution in [3.8, 4) is 0 Å². The first-order valence-electron chi connectivity index (χ1n) is 4.07. The lowest BCUT2D eigenvalue weighted by Crippen LogP contribution is -1.82. The molecular formula is C10H8FIS. The molecule has 1 aromatic carbocycles. The molecule has 0 atom stereocenters. The van der Waals surface area contributed by atoms with E-state index in [9.17, 15) is 4.39 Å². The molecule has 0 unspecified atom stereocenters. The van der Waals surface area contributed by atoms with E-state index < -0.39 is 0 Å². The van der Waals surface area contributed by atoms with Gasteiger partial charge in [0.1, 0.15) is 5.82 Å². The van der Waals surface area contributed by atoms with Gasteiger partial charge in [0.15, 0.2) is 0 Å². The second-order valence-electron chi connectivity index (χ2n) is 2.88. The van der Waals surface area contributed by atoms with E-state index in [1.807, 2.05) is 11.4 Å². The fourth-order valence-corrected chi connectivity index (χ4v) is 3.30. The smallest absolute Gasteiger partial charge is 0.133 e. The SMILES string of the molecule is CCc1csc2cc(I)cc(F)c12. The topological polar surface area (TPSA) is 0 Å². The molecule has 0 nitrogen and oxygen atoms in total. The van der Waals surface area contributed by atoms with Crippen molar-refractivity contribution < 1.29 is 4.39 Å². The van der Waals surface area contributed by atoms with Gasteiger partial charge < -0.3 is 0 Å². The van der Waals surface area contributed by atoms with Gasteiger partial charge in [0.05, 0.1) is 0 Å². The normalized spacial score (nSPS) is 11.0. The molecule has 0 radical (unpaired) electrons. The van der Waals surface area contributed by atoms with E-state index in [0.717, 1.165) is 25.6 Å².